The molecule has 1 heterocycles. The van der Waals surface area contributed by atoms with Gasteiger partial charge in [-0.3, -0.25) is 0 Å². The molecule has 3 N–H and O–H groups in total. The number of hydrogen-bond donors (Lipinski definition) is 2. The van der Waals surface area contributed by atoms with E-state index in [0.717, 1.165) is 19.4 Å². The van der Waals surface area contributed by atoms with Crippen LogP contribution in [0.4, 0.5) is 8.78 Å². The third-order valence-corrected chi connectivity index (χ3v) is 2.01. The molecule has 0 aromatic heterocycles. The zero-order valence-electron chi connectivity index (χ0n) is 6.45. The summed E-state index contributed by atoms with van der Waals surface area (Å²) in [6.45, 7) is 0.330. The summed E-state index contributed by atoms with van der Waals surface area (Å²) in [6.07, 6.45) is 1.75. The highest BCUT2D eigenvalue weighted by Gasteiger charge is 2.31. The van der Waals surface area contributed by atoms with Crippen molar-refractivity contribution >= 4 is 0 Å². The Bertz CT molecular complexity index is 122. The minimum atomic E-state index is -2.68. The highest BCUT2D eigenvalue weighted by molar-refractivity contribution is 4.81. The largest absolute Gasteiger partial charge is 0.325 e. The molecule has 4 heteroatoms. The zero-order chi connectivity index (χ0) is 8.32. The molecule has 1 aliphatic heterocycles. The molecule has 0 amide bonds. The fraction of sp³-hybridized carbons (Fsp3) is 1.00. The monoisotopic (exact) mass is 164 g/mol. The van der Waals surface area contributed by atoms with E-state index in [1.165, 1.54) is 0 Å². The van der Waals surface area contributed by atoms with Crippen LogP contribution in [-0.2, 0) is 0 Å². The van der Waals surface area contributed by atoms with Gasteiger partial charge in [-0.2, -0.15) is 0 Å². The van der Waals surface area contributed by atoms with Gasteiger partial charge in [0.1, 0.15) is 0 Å². The second-order valence-corrected chi connectivity index (χ2v) is 3.06. The number of alkyl halides is 2. The maximum Gasteiger partial charge on any atom is 0.261 e. The van der Waals surface area contributed by atoms with Crippen LogP contribution in [0.3, 0.4) is 0 Å². The van der Waals surface area contributed by atoms with Crippen LogP contribution in [0.15, 0.2) is 0 Å². The molecule has 0 aromatic rings. The first-order valence-corrected chi connectivity index (χ1v) is 3.95. The van der Waals surface area contributed by atoms with E-state index in [1.54, 1.807) is 0 Å². The molecule has 0 radical (unpaired) electrons. The van der Waals surface area contributed by atoms with Gasteiger partial charge in [-0.05, 0) is 19.4 Å². The summed E-state index contributed by atoms with van der Waals surface area (Å²) in [4.78, 5) is 0. The van der Waals surface area contributed by atoms with Crippen LogP contribution < -0.4 is 11.1 Å². The van der Waals surface area contributed by atoms with Gasteiger partial charge in [-0.15, -0.1) is 0 Å². The molecule has 0 spiro atoms. The van der Waals surface area contributed by atoms with Gasteiger partial charge in [-0.1, -0.05) is 0 Å². The highest BCUT2D eigenvalue weighted by atomic mass is 19.3. The lowest BCUT2D eigenvalue weighted by Gasteiger charge is -2.18. The van der Waals surface area contributed by atoms with Crippen molar-refractivity contribution < 1.29 is 8.78 Å². The van der Waals surface area contributed by atoms with E-state index < -0.39 is 12.5 Å². The highest BCUT2D eigenvalue weighted by Crippen LogP contribution is 2.22. The second kappa shape index (κ2) is 3.45. The average molecular weight is 164 g/mol. The second-order valence-electron chi connectivity index (χ2n) is 3.06. The molecule has 1 aliphatic rings. The lowest BCUT2D eigenvalue weighted by Crippen LogP contribution is -2.35. The lowest BCUT2D eigenvalue weighted by molar-refractivity contribution is -0.00586. The van der Waals surface area contributed by atoms with E-state index in [0.29, 0.717) is 0 Å². The van der Waals surface area contributed by atoms with Crippen LogP contribution in [0, 0.1) is 0 Å². The van der Waals surface area contributed by atoms with Crippen LogP contribution in [0.2, 0.25) is 0 Å². The molecule has 1 saturated heterocycles. The molecule has 0 bridgehead atoms. The Labute approximate surface area is 65.1 Å². The van der Waals surface area contributed by atoms with Crippen molar-refractivity contribution in [1.82, 2.24) is 5.32 Å². The normalized spacial score (nSPS) is 25.9. The first kappa shape index (κ1) is 8.87. The summed E-state index contributed by atoms with van der Waals surface area (Å²) in [5, 5.41) is 3.01. The van der Waals surface area contributed by atoms with Crippen LogP contribution in [0.1, 0.15) is 19.3 Å². The van der Waals surface area contributed by atoms with Gasteiger partial charge >= 0.3 is 0 Å². The fourth-order valence-electron chi connectivity index (χ4n) is 1.37. The van der Waals surface area contributed by atoms with Crippen molar-refractivity contribution in [3.8, 4) is 0 Å². The van der Waals surface area contributed by atoms with Crippen LogP contribution in [0.5, 0.6) is 0 Å². The number of halogens is 2. The Balaban J connectivity index is 2.28. The molecular weight excluding hydrogens is 150 g/mol. The maximum absolute atomic E-state index is 12.6. The Kier molecular flexibility index (Phi) is 2.78. The summed E-state index contributed by atoms with van der Waals surface area (Å²) in [5.74, 6) is -2.68. The van der Waals surface area contributed by atoms with Crippen molar-refractivity contribution in [3.05, 3.63) is 0 Å². The summed E-state index contributed by atoms with van der Waals surface area (Å²) in [6, 6.07) is -0.0199. The Hall–Kier alpha value is -0.220. The van der Waals surface area contributed by atoms with Gasteiger partial charge in [-0.25, -0.2) is 8.78 Å². The van der Waals surface area contributed by atoms with E-state index in [-0.39, 0.29) is 12.5 Å². The van der Waals surface area contributed by atoms with Crippen LogP contribution in [0.25, 0.3) is 0 Å². The Morgan fingerprint density at radius 1 is 1.55 bits per heavy atom. The molecule has 66 valence electrons. The molecule has 11 heavy (non-hydrogen) atoms. The van der Waals surface area contributed by atoms with Gasteiger partial charge in [0.05, 0.1) is 6.54 Å². The molecule has 2 nitrogen and oxygen atoms in total. The van der Waals surface area contributed by atoms with Gasteiger partial charge in [0.25, 0.3) is 5.92 Å². The molecule has 1 atom stereocenters. The van der Waals surface area contributed by atoms with Crippen molar-refractivity contribution in [3.63, 3.8) is 0 Å². The summed E-state index contributed by atoms with van der Waals surface area (Å²) in [5.41, 5.74) is 4.91. The van der Waals surface area contributed by atoms with Crippen molar-refractivity contribution in [2.75, 3.05) is 13.1 Å². The molecular formula is C7H14F2N2. The van der Waals surface area contributed by atoms with E-state index >= 15 is 0 Å². The third kappa shape index (κ3) is 2.71. The van der Waals surface area contributed by atoms with Crippen molar-refractivity contribution in [1.29, 1.82) is 0 Å². The van der Waals surface area contributed by atoms with E-state index in [1.807, 2.05) is 0 Å². The van der Waals surface area contributed by atoms with Crippen molar-refractivity contribution in [2.24, 2.45) is 5.73 Å². The molecule has 0 aromatic carbocycles. The molecule has 0 aliphatic carbocycles. The molecule has 1 rings (SSSR count). The number of nitrogens with two attached hydrogens (primary N) is 1. The van der Waals surface area contributed by atoms with Gasteiger partial charge in [0.2, 0.25) is 0 Å². The summed E-state index contributed by atoms with van der Waals surface area (Å²) >= 11 is 0. The standard InChI is InChI=1S/C7H14F2N2/c8-7(9,5-10)4-6-2-1-3-11-6/h6,11H,1-5,10H2. The SMILES string of the molecule is NCC(F)(F)CC1CCCN1. The van der Waals surface area contributed by atoms with Crippen molar-refractivity contribution in [2.45, 2.75) is 31.2 Å². The Morgan fingerprint density at radius 2 is 2.27 bits per heavy atom. The van der Waals surface area contributed by atoms with Gasteiger partial charge in [0, 0.05) is 12.5 Å². The molecule has 0 saturated carbocycles. The lowest BCUT2D eigenvalue weighted by atomic mass is 10.1. The predicted octanol–water partition coefficient (Wildman–Crippen LogP) is 0.722. The summed E-state index contributed by atoms with van der Waals surface area (Å²) < 4.78 is 25.3. The zero-order valence-corrected chi connectivity index (χ0v) is 6.45. The average Bonchev–Trinajstić information content (AvgIpc) is 2.39. The van der Waals surface area contributed by atoms with Gasteiger partial charge in [0.15, 0.2) is 0 Å². The van der Waals surface area contributed by atoms with Crippen LogP contribution in [-0.4, -0.2) is 25.1 Å². The Morgan fingerprint density at radius 3 is 2.73 bits per heavy atom. The predicted molar refractivity (Wildman–Crippen MR) is 39.6 cm³/mol. The minimum Gasteiger partial charge on any atom is -0.325 e. The maximum atomic E-state index is 12.6. The molecule has 1 unspecified atom stereocenters. The van der Waals surface area contributed by atoms with E-state index in [4.69, 9.17) is 5.73 Å². The molecule has 1 fully saturated rings. The van der Waals surface area contributed by atoms with E-state index in [9.17, 15) is 8.78 Å². The smallest absolute Gasteiger partial charge is 0.261 e. The number of rotatable bonds is 3. The minimum absolute atomic E-state index is 0.0199. The number of nitrogens with one attached hydrogen (secondary N) is 1. The fourth-order valence-corrected chi connectivity index (χ4v) is 1.37. The topological polar surface area (TPSA) is 38.0 Å². The first-order chi connectivity index (χ1) is 5.14. The van der Waals surface area contributed by atoms with E-state index in [2.05, 4.69) is 5.32 Å². The quantitative estimate of drug-likeness (QED) is 0.645. The summed E-state index contributed by atoms with van der Waals surface area (Å²) in [7, 11) is 0. The number of hydrogen-bond acceptors (Lipinski definition) is 2. The van der Waals surface area contributed by atoms with Crippen LogP contribution >= 0.6 is 0 Å². The third-order valence-electron chi connectivity index (χ3n) is 2.01. The first-order valence-electron chi connectivity index (χ1n) is 3.95. The van der Waals surface area contributed by atoms with Gasteiger partial charge < -0.3 is 11.1 Å².